The third kappa shape index (κ3) is 4.07. The fourth-order valence-electron chi connectivity index (χ4n) is 2.11. The van der Waals surface area contributed by atoms with Crippen molar-refractivity contribution in [2.24, 2.45) is 5.73 Å². The van der Waals surface area contributed by atoms with E-state index in [0.717, 1.165) is 22.6 Å². The monoisotopic (exact) mass is 284 g/mol. The molecule has 0 spiro atoms. The maximum Gasteiger partial charge on any atom is 0.262 e. The van der Waals surface area contributed by atoms with Crippen molar-refractivity contribution in [3.63, 3.8) is 0 Å². The van der Waals surface area contributed by atoms with Crippen LogP contribution >= 0.6 is 0 Å². The minimum atomic E-state index is -0.198. The van der Waals surface area contributed by atoms with Crippen LogP contribution < -0.4 is 15.8 Å². The van der Waals surface area contributed by atoms with E-state index in [9.17, 15) is 4.79 Å². The number of carbonyl (C=O) groups is 1. The molecule has 110 valence electrons. The van der Waals surface area contributed by atoms with E-state index < -0.39 is 0 Å². The van der Waals surface area contributed by atoms with E-state index in [2.05, 4.69) is 5.32 Å². The SMILES string of the molecule is Cc1ccc(OCC(=O)Nc2ccccc2CN)c(C)c1. The summed E-state index contributed by atoms with van der Waals surface area (Å²) in [6.45, 7) is 4.34. The van der Waals surface area contributed by atoms with Crippen molar-refractivity contribution in [3.05, 3.63) is 59.2 Å². The van der Waals surface area contributed by atoms with E-state index in [0.29, 0.717) is 6.54 Å². The normalized spacial score (nSPS) is 10.2. The Morgan fingerprint density at radius 1 is 1.19 bits per heavy atom. The number of nitrogens with one attached hydrogen (secondary N) is 1. The summed E-state index contributed by atoms with van der Waals surface area (Å²) in [5.74, 6) is 0.527. The molecule has 0 saturated heterocycles. The number of anilines is 1. The van der Waals surface area contributed by atoms with Gasteiger partial charge in [-0.05, 0) is 37.1 Å². The lowest BCUT2D eigenvalue weighted by molar-refractivity contribution is -0.118. The number of aryl methyl sites for hydroxylation is 2. The Kier molecular flexibility index (Phi) is 4.95. The van der Waals surface area contributed by atoms with Crippen LogP contribution in [-0.4, -0.2) is 12.5 Å². The summed E-state index contributed by atoms with van der Waals surface area (Å²) in [5, 5.41) is 2.82. The highest BCUT2D eigenvalue weighted by Gasteiger charge is 2.07. The van der Waals surface area contributed by atoms with Crippen LogP contribution in [0.15, 0.2) is 42.5 Å². The Balaban J connectivity index is 1.96. The number of para-hydroxylation sites is 1. The molecule has 0 unspecified atom stereocenters. The standard InChI is InChI=1S/C17H20N2O2/c1-12-7-8-16(13(2)9-12)21-11-17(20)19-15-6-4-3-5-14(15)10-18/h3-9H,10-11,18H2,1-2H3,(H,19,20). The molecule has 0 heterocycles. The van der Waals surface area contributed by atoms with Gasteiger partial charge < -0.3 is 15.8 Å². The van der Waals surface area contributed by atoms with Crippen LogP contribution in [0.2, 0.25) is 0 Å². The number of rotatable bonds is 5. The van der Waals surface area contributed by atoms with Gasteiger partial charge in [0.25, 0.3) is 5.91 Å². The lowest BCUT2D eigenvalue weighted by Gasteiger charge is -2.12. The first kappa shape index (κ1) is 15.1. The molecule has 1 amide bonds. The molecule has 0 radical (unpaired) electrons. The molecule has 3 N–H and O–H groups in total. The van der Waals surface area contributed by atoms with Gasteiger partial charge in [-0.25, -0.2) is 0 Å². The number of nitrogens with two attached hydrogens (primary N) is 1. The number of ether oxygens (including phenoxy) is 1. The van der Waals surface area contributed by atoms with Gasteiger partial charge in [-0.1, -0.05) is 35.9 Å². The first-order valence-electron chi connectivity index (χ1n) is 6.88. The molecule has 2 aromatic rings. The second kappa shape index (κ2) is 6.90. The van der Waals surface area contributed by atoms with E-state index in [1.165, 1.54) is 5.56 Å². The van der Waals surface area contributed by atoms with E-state index in [1.807, 2.05) is 56.3 Å². The van der Waals surface area contributed by atoms with Crippen LogP contribution in [0.5, 0.6) is 5.75 Å². The van der Waals surface area contributed by atoms with Crippen molar-refractivity contribution in [3.8, 4) is 5.75 Å². The zero-order valence-corrected chi connectivity index (χ0v) is 12.3. The molecule has 2 aromatic carbocycles. The molecule has 0 aliphatic carbocycles. The summed E-state index contributed by atoms with van der Waals surface area (Å²) in [5.41, 5.74) is 9.46. The number of amides is 1. The van der Waals surface area contributed by atoms with Gasteiger partial charge in [-0.3, -0.25) is 4.79 Å². The third-order valence-corrected chi connectivity index (χ3v) is 3.20. The molecule has 0 atom stereocenters. The quantitative estimate of drug-likeness (QED) is 0.887. The average Bonchev–Trinajstić information content (AvgIpc) is 2.47. The van der Waals surface area contributed by atoms with Crippen molar-refractivity contribution in [1.82, 2.24) is 0 Å². The molecule has 0 saturated carbocycles. The lowest BCUT2D eigenvalue weighted by Crippen LogP contribution is -2.21. The number of carbonyl (C=O) groups excluding carboxylic acids is 1. The molecule has 21 heavy (non-hydrogen) atoms. The van der Waals surface area contributed by atoms with Crippen LogP contribution in [0.1, 0.15) is 16.7 Å². The minimum absolute atomic E-state index is 0.0250. The van der Waals surface area contributed by atoms with Crippen LogP contribution in [0.4, 0.5) is 5.69 Å². The lowest BCUT2D eigenvalue weighted by atomic mass is 10.1. The largest absolute Gasteiger partial charge is 0.483 e. The average molecular weight is 284 g/mol. The van der Waals surface area contributed by atoms with Crippen molar-refractivity contribution in [2.75, 3.05) is 11.9 Å². The second-order valence-electron chi connectivity index (χ2n) is 4.97. The molecular formula is C17H20N2O2. The van der Waals surface area contributed by atoms with Crippen molar-refractivity contribution in [1.29, 1.82) is 0 Å². The van der Waals surface area contributed by atoms with Gasteiger partial charge in [0.15, 0.2) is 6.61 Å². The highest BCUT2D eigenvalue weighted by atomic mass is 16.5. The Morgan fingerprint density at radius 2 is 1.95 bits per heavy atom. The predicted octanol–water partition coefficient (Wildman–Crippen LogP) is 2.78. The van der Waals surface area contributed by atoms with Crippen LogP contribution in [0, 0.1) is 13.8 Å². The molecule has 0 fully saturated rings. The molecule has 0 aromatic heterocycles. The van der Waals surface area contributed by atoms with Gasteiger partial charge >= 0.3 is 0 Å². The zero-order valence-electron chi connectivity index (χ0n) is 12.3. The molecule has 0 aliphatic rings. The van der Waals surface area contributed by atoms with E-state index in [-0.39, 0.29) is 12.5 Å². The van der Waals surface area contributed by atoms with Crippen molar-refractivity contribution >= 4 is 11.6 Å². The summed E-state index contributed by atoms with van der Waals surface area (Å²) in [6.07, 6.45) is 0. The summed E-state index contributed by atoms with van der Waals surface area (Å²) in [6, 6.07) is 13.3. The van der Waals surface area contributed by atoms with Gasteiger partial charge in [0.2, 0.25) is 0 Å². The molecule has 4 nitrogen and oxygen atoms in total. The first-order chi connectivity index (χ1) is 10.1. The van der Waals surface area contributed by atoms with E-state index >= 15 is 0 Å². The topological polar surface area (TPSA) is 64.3 Å². The number of hydrogen-bond acceptors (Lipinski definition) is 3. The highest BCUT2D eigenvalue weighted by Crippen LogP contribution is 2.19. The zero-order chi connectivity index (χ0) is 15.2. The third-order valence-electron chi connectivity index (χ3n) is 3.20. The molecule has 4 heteroatoms. The van der Waals surface area contributed by atoms with Gasteiger partial charge in [0.1, 0.15) is 5.75 Å². The molecule has 0 bridgehead atoms. The smallest absolute Gasteiger partial charge is 0.262 e. The van der Waals surface area contributed by atoms with Crippen LogP contribution in [-0.2, 0) is 11.3 Å². The molecule has 2 rings (SSSR count). The Morgan fingerprint density at radius 3 is 2.67 bits per heavy atom. The molecular weight excluding hydrogens is 264 g/mol. The maximum atomic E-state index is 12.0. The fourth-order valence-corrected chi connectivity index (χ4v) is 2.11. The van der Waals surface area contributed by atoms with Crippen molar-refractivity contribution in [2.45, 2.75) is 20.4 Å². The summed E-state index contributed by atoms with van der Waals surface area (Å²) in [4.78, 5) is 12.0. The van der Waals surface area contributed by atoms with Gasteiger partial charge in [-0.15, -0.1) is 0 Å². The van der Waals surface area contributed by atoms with Crippen LogP contribution in [0.3, 0.4) is 0 Å². The van der Waals surface area contributed by atoms with Crippen LogP contribution in [0.25, 0.3) is 0 Å². The predicted molar refractivity (Wildman–Crippen MR) is 84.4 cm³/mol. The summed E-state index contributed by atoms with van der Waals surface area (Å²) in [7, 11) is 0. The van der Waals surface area contributed by atoms with Gasteiger partial charge in [0, 0.05) is 12.2 Å². The van der Waals surface area contributed by atoms with E-state index in [1.54, 1.807) is 0 Å². The minimum Gasteiger partial charge on any atom is -0.483 e. The second-order valence-corrected chi connectivity index (χ2v) is 4.97. The number of hydrogen-bond donors (Lipinski definition) is 2. The Labute approximate surface area is 124 Å². The first-order valence-corrected chi connectivity index (χ1v) is 6.88. The van der Waals surface area contributed by atoms with Gasteiger partial charge in [0.05, 0.1) is 0 Å². The summed E-state index contributed by atoms with van der Waals surface area (Å²) >= 11 is 0. The van der Waals surface area contributed by atoms with Crippen molar-refractivity contribution < 1.29 is 9.53 Å². The summed E-state index contributed by atoms with van der Waals surface area (Å²) < 4.78 is 5.56. The van der Waals surface area contributed by atoms with Gasteiger partial charge in [-0.2, -0.15) is 0 Å². The highest BCUT2D eigenvalue weighted by molar-refractivity contribution is 5.92. The Bertz CT molecular complexity index is 638. The van der Waals surface area contributed by atoms with E-state index in [4.69, 9.17) is 10.5 Å². The Hall–Kier alpha value is -2.33. The number of benzene rings is 2. The molecule has 0 aliphatic heterocycles. The maximum absolute atomic E-state index is 12.0. The fraction of sp³-hybridized carbons (Fsp3) is 0.235.